The first kappa shape index (κ1) is 10.7. The first-order chi connectivity index (χ1) is 8.72. The van der Waals surface area contributed by atoms with Crippen LogP contribution in [0.25, 0.3) is 11.1 Å². The number of aromatic amines is 2. The fourth-order valence-electron chi connectivity index (χ4n) is 1.60. The summed E-state index contributed by atoms with van der Waals surface area (Å²) in [5, 5.41) is 9.03. The molecule has 0 fully saturated rings. The molecule has 2 heterocycles. The Morgan fingerprint density at radius 2 is 2.28 bits per heavy atom. The van der Waals surface area contributed by atoms with E-state index in [0.717, 1.165) is 5.52 Å². The highest BCUT2D eigenvalue weighted by Crippen LogP contribution is 2.19. The third kappa shape index (κ3) is 1.91. The second-order valence-corrected chi connectivity index (χ2v) is 4.02. The third-order valence-corrected chi connectivity index (χ3v) is 2.61. The van der Waals surface area contributed by atoms with E-state index in [4.69, 9.17) is 16.6 Å². The minimum atomic E-state index is -0.263. The van der Waals surface area contributed by atoms with E-state index in [9.17, 15) is 4.79 Å². The van der Waals surface area contributed by atoms with Crippen molar-refractivity contribution in [2.24, 2.45) is 0 Å². The molecular weight excluding hydrogens is 252 g/mol. The molecule has 0 saturated carbocycles. The van der Waals surface area contributed by atoms with Gasteiger partial charge in [0.05, 0.1) is 5.52 Å². The van der Waals surface area contributed by atoms with Crippen LogP contribution in [0.1, 0.15) is 10.5 Å². The molecule has 2 aromatic heterocycles. The number of fused-ring (bicyclic) bond motifs is 1. The number of carbonyl (C=O) groups excluding carboxylic acids is 1. The summed E-state index contributed by atoms with van der Waals surface area (Å²) in [6.07, 6.45) is 1.52. The van der Waals surface area contributed by atoms with Crippen LogP contribution in [0.3, 0.4) is 0 Å². The van der Waals surface area contributed by atoms with Gasteiger partial charge < -0.3 is 14.7 Å². The molecule has 0 radical (unpaired) electrons. The predicted molar refractivity (Wildman–Crippen MR) is 67.9 cm³/mol. The normalized spacial score (nSPS) is 10.7. The smallest absolute Gasteiger partial charge is 0.273 e. The standard InChI is InChI=1S/C11H8N4O2S/c16-10(8-3-4-12-15-8)13-6-1-2-7-9(5-6)17-11(18)14-7/h1-5H,(H,12,15)(H,13,16)(H,14,18). The van der Waals surface area contributed by atoms with Gasteiger partial charge in [0, 0.05) is 18.0 Å². The van der Waals surface area contributed by atoms with Crippen LogP contribution in [0.5, 0.6) is 0 Å². The van der Waals surface area contributed by atoms with Crippen LogP contribution >= 0.6 is 12.2 Å². The summed E-state index contributed by atoms with van der Waals surface area (Å²) in [5.74, 6) is -0.263. The van der Waals surface area contributed by atoms with Gasteiger partial charge in [-0.1, -0.05) is 0 Å². The molecule has 1 aromatic carbocycles. The van der Waals surface area contributed by atoms with Crippen LogP contribution in [-0.2, 0) is 0 Å². The Balaban J connectivity index is 1.91. The molecule has 3 rings (SSSR count). The van der Waals surface area contributed by atoms with Gasteiger partial charge in [-0.15, -0.1) is 0 Å². The lowest BCUT2D eigenvalue weighted by Gasteiger charge is -2.02. The monoisotopic (exact) mass is 260 g/mol. The SMILES string of the molecule is O=C(Nc1ccc2[nH]c(=S)oc2c1)c1ccn[nH]1. The van der Waals surface area contributed by atoms with Crippen molar-refractivity contribution in [2.75, 3.05) is 5.32 Å². The van der Waals surface area contributed by atoms with E-state index >= 15 is 0 Å². The first-order valence-electron chi connectivity index (χ1n) is 5.16. The van der Waals surface area contributed by atoms with Crippen molar-refractivity contribution in [1.82, 2.24) is 15.2 Å². The van der Waals surface area contributed by atoms with Crippen molar-refractivity contribution in [1.29, 1.82) is 0 Å². The lowest BCUT2D eigenvalue weighted by molar-refractivity contribution is 0.102. The Kier molecular flexibility index (Phi) is 2.45. The molecule has 3 N–H and O–H groups in total. The zero-order valence-electron chi connectivity index (χ0n) is 9.06. The summed E-state index contributed by atoms with van der Waals surface area (Å²) >= 11 is 4.89. The zero-order chi connectivity index (χ0) is 12.5. The number of amides is 1. The number of nitrogens with one attached hydrogen (secondary N) is 3. The molecule has 0 atom stereocenters. The van der Waals surface area contributed by atoms with Crippen molar-refractivity contribution >= 4 is 34.9 Å². The van der Waals surface area contributed by atoms with Gasteiger partial charge in [-0.05, 0) is 30.4 Å². The van der Waals surface area contributed by atoms with E-state index in [1.54, 1.807) is 24.3 Å². The van der Waals surface area contributed by atoms with Gasteiger partial charge in [-0.25, -0.2) is 0 Å². The molecule has 3 aromatic rings. The summed E-state index contributed by atoms with van der Waals surface area (Å²) in [6.45, 7) is 0. The van der Waals surface area contributed by atoms with E-state index in [-0.39, 0.29) is 5.91 Å². The summed E-state index contributed by atoms with van der Waals surface area (Å²) in [6, 6.07) is 6.85. The van der Waals surface area contributed by atoms with Crippen LogP contribution < -0.4 is 5.32 Å². The van der Waals surface area contributed by atoms with Crippen molar-refractivity contribution in [2.45, 2.75) is 0 Å². The number of rotatable bonds is 2. The van der Waals surface area contributed by atoms with Crippen LogP contribution in [0, 0.1) is 4.84 Å². The molecule has 18 heavy (non-hydrogen) atoms. The third-order valence-electron chi connectivity index (χ3n) is 2.42. The zero-order valence-corrected chi connectivity index (χ0v) is 9.88. The fourth-order valence-corrected chi connectivity index (χ4v) is 1.80. The molecule has 0 aliphatic heterocycles. The lowest BCUT2D eigenvalue weighted by Crippen LogP contribution is -2.12. The van der Waals surface area contributed by atoms with Gasteiger partial charge in [0.25, 0.3) is 10.7 Å². The Bertz CT molecular complexity index is 757. The minimum absolute atomic E-state index is 0.263. The van der Waals surface area contributed by atoms with Crippen molar-refractivity contribution in [3.8, 4) is 0 Å². The largest absolute Gasteiger partial charge is 0.429 e. The number of nitrogens with zero attached hydrogens (tertiary/aromatic N) is 1. The average Bonchev–Trinajstić information content (AvgIpc) is 2.95. The van der Waals surface area contributed by atoms with E-state index in [0.29, 0.717) is 21.8 Å². The second kappa shape index (κ2) is 4.11. The van der Waals surface area contributed by atoms with Crippen molar-refractivity contribution in [3.05, 3.63) is 41.0 Å². The highest BCUT2D eigenvalue weighted by atomic mass is 32.1. The summed E-state index contributed by atoms with van der Waals surface area (Å²) in [4.78, 5) is 15.0. The lowest BCUT2D eigenvalue weighted by atomic mass is 10.3. The molecule has 0 unspecified atom stereocenters. The first-order valence-corrected chi connectivity index (χ1v) is 5.57. The second-order valence-electron chi connectivity index (χ2n) is 3.65. The van der Waals surface area contributed by atoms with E-state index in [1.165, 1.54) is 6.20 Å². The van der Waals surface area contributed by atoms with Gasteiger partial charge in [0.1, 0.15) is 5.69 Å². The van der Waals surface area contributed by atoms with Gasteiger partial charge in [0.2, 0.25) is 0 Å². The molecule has 1 amide bonds. The summed E-state index contributed by atoms with van der Waals surface area (Å²) in [7, 11) is 0. The Morgan fingerprint density at radius 3 is 3.06 bits per heavy atom. The minimum Gasteiger partial charge on any atom is -0.429 e. The highest BCUT2D eigenvalue weighted by molar-refractivity contribution is 7.71. The molecule has 0 saturated heterocycles. The van der Waals surface area contributed by atoms with Crippen LogP contribution in [0.15, 0.2) is 34.9 Å². The number of aromatic nitrogens is 3. The van der Waals surface area contributed by atoms with E-state index < -0.39 is 0 Å². The molecule has 90 valence electrons. The number of anilines is 1. The topological polar surface area (TPSA) is 86.7 Å². The van der Waals surface area contributed by atoms with Crippen molar-refractivity contribution in [3.63, 3.8) is 0 Å². The Hall–Kier alpha value is -2.41. The summed E-state index contributed by atoms with van der Waals surface area (Å²) in [5.41, 5.74) is 2.41. The number of oxazole rings is 1. The number of hydrogen-bond donors (Lipinski definition) is 3. The number of hydrogen-bond acceptors (Lipinski definition) is 4. The predicted octanol–water partition coefficient (Wildman–Crippen LogP) is 2.47. The molecule has 0 spiro atoms. The molecule has 7 heteroatoms. The van der Waals surface area contributed by atoms with Crippen molar-refractivity contribution < 1.29 is 9.21 Å². The molecule has 6 nitrogen and oxygen atoms in total. The molecule has 0 aliphatic rings. The Morgan fingerprint density at radius 1 is 1.39 bits per heavy atom. The fraction of sp³-hybridized carbons (Fsp3) is 0. The van der Waals surface area contributed by atoms with Gasteiger partial charge in [-0.3, -0.25) is 9.89 Å². The maximum absolute atomic E-state index is 11.8. The maximum Gasteiger partial charge on any atom is 0.273 e. The molecule has 0 bridgehead atoms. The number of carbonyl (C=O) groups is 1. The van der Waals surface area contributed by atoms with Gasteiger partial charge in [-0.2, -0.15) is 5.10 Å². The highest BCUT2D eigenvalue weighted by Gasteiger charge is 2.08. The van der Waals surface area contributed by atoms with E-state index in [2.05, 4.69) is 20.5 Å². The van der Waals surface area contributed by atoms with Gasteiger partial charge >= 0.3 is 0 Å². The van der Waals surface area contributed by atoms with Crippen LogP contribution in [-0.4, -0.2) is 21.1 Å². The van der Waals surface area contributed by atoms with E-state index in [1.807, 2.05) is 0 Å². The van der Waals surface area contributed by atoms with Crippen LogP contribution in [0.2, 0.25) is 0 Å². The Labute approximate surface area is 106 Å². The molecular formula is C11H8N4O2S. The van der Waals surface area contributed by atoms with Gasteiger partial charge in [0.15, 0.2) is 5.58 Å². The van der Waals surface area contributed by atoms with Crippen LogP contribution in [0.4, 0.5) is 5.69 Å². The molecule has 0 aliphatic carbocycles. The quantitative estimate of drug-likeness (QED) is 0.618. The maximum atomic E-state index is 11.8. The number of H-pyrrole nitrogens is 2. The average molecular weight is 260 g/mol. The summed E-state index contributed by atoms with van der Waals surface area (Å²) < 4.78 is 5.27. The number of benzene rings is 1.